The Kier molecular flexibility index (Phi) is 7.42. The number of ether oxygens (including phenoxy) is 1. The minimum absolute atomic E-state index is 0.142. The molecule has 0 unspecified atom stereocenters. The van der Waals surface area contributed by atoms with Crippen molar-refractivity contribution < 1.29 is 4.74 Å². The molecule has 3 aromatic rings. The van der Waals surface area contributed by atoms with Gasteiger partial charge >= 0.3 is 0 Å². The normalized spacial score (nSPS) is 17.6. The zero-order valence-electron chi connectivity index (χ0n) is 17.0. The van der Waals surface area contributed by atoms with E-state index < -0.39 is 0 Å². The lowest BCUT2D eigenvalue weighted by Gasteiger charge is -2.30. The summed E-state index contributed by atoms with van der Waals surface area (Å²) >= 11 is 12.4. The molecule has 2 aromatic heterocycles. The number of hydrogen-bond acceptors (Lipinski definition) is 5. The van der Waals surface area contributed by atoms with Crippen LogP contribution in [0.25, 0.3) is 11.2 Å². The largest absolute Gasteiger partial charge is 0.378 e. The van der Waals surface area contributed by atoms with Crippen LogP contribution in [0.5, 0.6) is 0 Å². The van der Waals surface area contributed by atoms with Gasteiger partial charge in [0.1, 0.15) is 5.52 Å². The average Bonchev–Trinajstić information content (AvgIpc) is 3.15. The number of rotatable bonds is 3. The first-order valence-corrected chi connectivity index (χ1v) is 11.4. The lowest BCUT2D eigenvalue weighted by Crippen LogP contribution is -2.38. The molecule has 0 spiro atoms. The topological polar surface area (TPSA) is 56.1 Å². The van der Waals surface area contributed by atoms with Crippen LogP contribution in [0.3, 0.4) is 0 Å². The maximum atomic E-state index is 6.40. The molecule has 160 valence electrons. The molecule has 5 rings (SSSR count). The van der Waals surface area contributed by atoms with Crippen molar-refractivity contribution in [2.45, 2.75) is 38.6 Å². The molecule has 0 amide bonds. The summed E-state index contributed by atoms with van der Waals surface area (Å²) in [6.07, 6.45) is 6.47. The summed E-state index contributed by atoms with van der Waals surface area (Å²) < 4.78 is 7.68. The minimum Gasteiger partial charge on any atom is -0.378 e. The highest BCUT2D eigenvalue weighted by Crippen LogP contribution is 2.32. The number of aromatic nitrogens is 4. The van der Waals surface area contributed by atoms with Crippen molar-refractivity contribution in [2.24, 2.45) is 5.92 Å². The maximum absolute atomic E-state index is 6.40. The minimum atomic E-state index is 0.142. The molecule has 1 aromatic carbocycles. The van der Waals surface area contributed by atoms with Crippen LogP contribution in [-0.4, -0.2) is 45.8 Å². The third-order valence-corrected chi connectivity index (χ3v) is 6.07. The fraction of sp³-hybridized carbons (Fsp3) is 0.500. The lowest BCUT2D eigenvalue weighted by molar-refractivity contribution is 0.121. The number of morpholine rings is 1. The predicted octanol–water partition coefficient (Wildman–Crippen LogP) is 5.24. The first kappa shape index (κ1) is 21.3. The van der Waals surface area contributed by atoms with E-state index in [9.17, 15) is 0 Å². The number of nitrogens with zero attached hydrogens (tertiary/aromatic N) is 5. The molecule has 2 fully saturated rings. The van der Waals surface area contributed by atoms with Gasteiger partial charge in [0.15, 0.2) is 10.8 Å². The van der Waals surface area contributed by atoms with Crippen molar-refractivity contribution in [1.29, 1.82) is 0 Å². The Morgan fingerprint density at radius 3 is 2.13 bits per heavy atom. The molecular weight excluding hydrogens is 421 g/mol. The summed E-state index contributed by atoms with van der Waals surface area (Å²) in [6, 6.07) is 12.0. The molecule has 8 heteroatoms. The van der Waals surface area contributed by atoms with Gasteiger partial charge in [0.2, 0.25) is 11.2 Å². The molecule has 6 nitrogen and oxygen atoms in total. The molecule has 1 saturated carbocycles. The van der Waals surface area contributed by atoms with E-state index in [0.717, 1.165) is 31.1 Å². The Morgan fingerprint density at radius 2 is 1.50 bits per heavy atom. The van der Waals surface area contributed by atoms with Crippen molar-refractivity contribution in [3.8, 4) is 0 Å². The Hall–Kier alpha value is -1.89. The van der Waals surface area contributed by atoms with Crippen LogP contribution < -0.4 is 4.90 Å². The van der Waals surface area contributed by atoms with Gasteiger partial charge in [-0.2, -0.15) is 9.97 Å². The third-order valence-electron chi connectivity index (χ3n) is 5.64. The quantitative estimate of drug-likeness (QED) is 0.405. The molecule has 0 atom stereocenters. The zero-order chi connectivity index (χ0) is 20.8. The summed E-state index contributed by atoms with van der Waals surface area (Å²) in [5.41, 5.74) is 1.38. The van der Waals surface area contributed by atoms with Crippen LogP contribution in [0.4, 0.5) is 5.95 Å². The lowest BCUT2D eigenvalue weighted by atomic mass is 9.89. The summed E-state index contributed by atoms with van der Waals surface area (Å²) in [5.74, 6) is 1.57. The van der Waals surface area contributed by atoms with E-state index in [1.165, 1.54) is 32.1 Å². The zero-order valence-corrected chi connectivity index (χ0v) is 18.5. The van der Waals surface area contributed by atoms with Gasteiger partial charge < -0.3 is 14.2 Å². The highest BCUT2D eigenvalue weighted by molar-refractivity contribution is 6.35. The van der Waals surface area contributed by atoms with Crippen LogP contribution >= 0.6 is 23.2 Å². The van der Waals surface area contributed by atoms with E-state index in [-0.39, 0.29) is 5.28 Å². The smallest absolute Gasteiger partial charge is 0.225 e. The van der Waals surface area contributed by atoms with Gasteiger partial charge in [-0.1, -0.05) is 67.3 Å². The van der Waals surface area contributed by atoms with Crippen LogP contribution in [0.2, 0.25) is 10.4 Å². The van der Waals surface area contributed by atoms with Crippen LogP contribution in [0, 0.1) is 5.92 Å². The third kappa shape index (κ3) is 5.23. The fourth-order valence-electron chi connectivity index (χ4n) is 4.15. The highest BCUT2D eigenvalue weighted by Gasteiger charge is 2.25. The first-order valence-electron chi connectivity index (χ1n) is 10.6. The number of hydrogen-bond donors (Lipinski definition) is 0. The van der Waals surface area contributed by atoms with E-state index >= 15 is 0 Å². The number of imidazole rings is 1. The fourth-order valence-corrected chi connectivity index (χ4v) is 4.62. The molecule has 0 N–H and O–H groups in total. The molecule has 2 aliphatic rings. The van der Waals surface area contributed by atoms with Crippen molar-refractivity contribution in [3.63, 3.8) is 0 Å². The molecule has 0 radical (unpaired) electrons. The SMILES string of the molecule is Clc1nc(Cl)c2c(n1)nc(N1CCOCC1)n2CC1CCCCC1.c1ccccc1. The average molecular weight is 448 g/mol. The molecule has 0 bridgehead atoms. The van der Waals surface area contributed by atoms with Crippen molar-refractivity contribution in [2.75, 3.05) is 31.2 Å². The van der Waals surface area contributed by atoms with Crippen LogP contribution in [0.15, 0.2) is 36.4 Å². The number of halogens is 2. The molecule has 1 saturated heterocycles. The Morgan fingerprint density at radius 1 is 0.867 bits per heavy atom. The van der Waals surface area contributed by atoms with E-state index in [4.69, 9.17) is 32.9 Å². The van der Waals surface area contributed by atoms with E-state index in [2.05, 4.69) is 19.4 Å². The Labute approximate surface area is 187 Å². The Balaban J connectivity index is 0.000000313. The molecular formula is C22H27Cl2N5O. The monoisotopic (exact) mass is 447 g/mol. The maximum Gasteiger partial charge on any atom is 0.225 e. The molecule has 3 heterocycles. The summed E-state index contributed by atoms with van der Waals surface area (Å²) in [7, 11) is 0. The van der Waals surface area contributed by atoms with Crippen molar-refractivity contribution in [1.82, 2.24) is 19.5 Å². The number of anilines is 1. The highest BCUT2D eigenvalue weighted by atomic mass is 35.5. The van der Waals surface area contributed by atoms with Gasteiger partial charge in [-0.05, 0) is 30.4 Å². The van der Waals surface area contributed by atoms with E-state index in [1.807, 2.05) is 36.4 Å². The van der Waals surface area contributed by atoms with Gasteiger partial charge in [0, 0.05) is 19.6 Å². The van der Waals surface area contributed by atoms with Gasteiger partial charge in [0.05, 0.1) is 13.2 Å². The second-order valence-electron chi connectivity index (χ2n) is 7.74. The number of fused-ring (bicyclic) bond motifs is 1. The summed E-state index contributed by atoms with van der Waals surface area (Å²) in [5, 5.41) is 0.524. The summed E-state index contributed by atoms with van der Waals surface area (Å²) in [4.78, 5) is 15.4. The van der Waals surface area contributed by atoms with E-state index in [1.54, 1.807) is 0 Å². The molecule has 1 aliphatic heterocycles. The van der Waals surface area contributed by atoms with Crippen LogP contribution in [0.1, 0.15) is 32.1 Å². The van der Waals surface area contributed by atoms with Gasteiger partial charge in [-0.25, -0.2) is 4.98 Å². The van der Waals surface area contributed by atoms with Gasteiger partial charge in [-0.3, -0.25) is 0 Å². The van der Waals surface area contributed by atoms with Crippen molar-refractivity contribution in [3.05, 3.63) is 46.8 Å². The van der Waals surface area contributed by atoms with Crippen LogP contribution in [-0.2, 0) is 11.3 Å². The second-order valence-corrected chi connectivity index (χ2v) is 8.43. The number of benzene rings is 1. The molecule has 30 heavy (non-hydrogen) atoms. The van der Waals surface area contributed by atoms with Crippen molar-refractivity contribution >= 4 is 40.3 Å². The van der Waals surface area contributed by atoms with Gasteiger partial charge in [-0.15, -0.1) is 0 Å². The second kappa shape index (κ2) is 10.4. The Bertz CT molecular complexity index is 911. The standard InChI is InChI=1S/C16H21Cl2N5O.C6H6/c17-13-12-14(20-15(18)19-13)21-16(22-6-8-24-9-7-22)23(12)10-11-4-2-1-3-5-11;1-2-4-6-5-3-1/h11H,1-10H2;1-6H. The van der Waals surface area contributed by atoms with E-state index in [0.29, 0.717) is 29.9 Å². The first-order chi connectivity index (χ1) is 14.7. The summed E-state index contributed by atoms with van der Waals surface area (Å²) in [6.45, 7) is 3.99. The van der Waals surface area contributed by atoms with Gasteiger partial charge in [0.25, 0.3) is 0 Å². The molecule has 1 aliphatic carbocycles. The predicted molar refractivity (Wildman–Crippen MR) is 121 cm³/mol.